The molecule has 0 radical (unpaired) electrons. The number of anilines is 1. The number of carbonyl (C=O) groups excluding carboxylic acids is 1. The Kier molecular flexibility index (Phi) is 6.30. The smallest absolute Gasteiger partial charge is 0.225 e. The normalized spacial score (nSPS) is 21.1. The van der Waals surface area contributed by atoms with Crippen LogP contribution in [-0.4, -0.2) is 71.8 Å². The zero-order valence-corrected chi connectivity index (χ0v) is 19.3. The van der Waals surface area contributed by atoms with Gasteiger partial charge in [-0.15, -0.1) is 0 Å². The second-order valence-corrected chi connectivity index (χ2v) is 8.99. The number of aromatic nitrogens is 3. The van der Waals surface area contributed by atoms with E-state index >= 15 is 0 Å². The molecule has 2 fully saturated rings. The fourth-order valence-electron chi connectivity index (χ4n) is 4.96. The van der Waals surface area contributed by atoms with Crippen molar-refractivity contribution in [2.45, 2.75) is 45.3 Å². The highest BCUT2D eigenvalue weighted by atomic mass is 16.5. The van der Waals surface area contributed by atoms with Gasteiger partial charge < -0.3 is 24.0 Å². The van der Waals surface area contributed by atoms with Gasteiger partial charge in [-0.25, -0.2) is 15.0 Å². The van der Waals surface area contributed by atoms with E-state index in [9.17, 15) is 4.79 Å². The largest absolute Gasteiger partial charge is 0.481 e. The van der Waals surface area contributed by atoms with Crippen LogP contribution in [0.5, 0.6) is 11.8 Å². The van der Waals surface area contributed by atoms with Gasteiger partial charge in [-0.05, 0) is 25.8 Å². The average molecular weight is 454 g/mol. The molecule has 2 aromatic heterocycles. The summed E-state index contributed by atoms with van der Waals surface area (Å²) in [6, 6.07) is 2.10. The van der Waals surface area contributed by atoms with Crippen LogP contribution >= 0.6 is 0 Å². The number of fused-ring (bicyclic) bond motifs is 1. The first-order valence-corrected chi connectivity index (χ1v) is 11.7. The van der Waals surface area contributed by atoms with Gasteiger partial charge in [0.15, 0.2) is 0 Å². The molecule has 0 aliphatic carbocycles. The van der Waals surface area contributed by atoms with Gasteiger partial charge in [0.2, 0.25) is 17.7 Å². The number of methoxy groups -OCH3 is 1. The molecule has 0 spiro atoms. The lowest BCUT2D eigenvalue weighted by Gasteiger charge is -2.31. The van der Waals surface area contributed by atoms with Crippen LogP contribution in [0.2, 0.25) is 0 Å². The summed E-state index contributed by atoms with van der Waals surface area (Å²) >= 11 is 0. The summed E-state index contributed by atoms with van der Waals surface area (Å²) in [5, 5.41) is 0. The highest BCUT2D eigenvalue weighted by molar-refractivity contribution is 5.79. The average Bonchev–Trinajstić information content (AvgIpc) is 3.32. The van der Waals surface area contributed by atoms with Crippen LogP contribution < -0.4 is 14.4 Å². The van der Waals surface area contributed by atoms with Crippen molar-refractivity contribution < 1.29 is 19.0 Å². The van der Waals surface area contributed by atoms with Gasteiger partial charge in [-0.2, -0.15) is 0 Å². The van der Waals surface area contributed by atoms with E-state index in [4.69, 9.17) is 14.2 Å². The summed E-state index contributed by atoms with van der Waals surface area (Å²) in [6.07, 6.45) is 6.65. The molecule has 2 saturated heterocycles. The molecule has 5 heterocycles. The van der Waals surface area contributed by atoms with Gasteiger partial charge in [0.25, 0.3) is 0 Å². The fraction of sp³-hybridized carbons (Fsp3) is 0.583. The van der Waals surface area contributed by atoms with Crippen LogP contribution in [0.4, 0.5) is 5.69 Å². The number of likely N-dealkylation sites (tertiary alicyclic amines) is 1. The molecule has 3 aliphatic rings. The van der Waals surface area contributed by atoms with Gasteiger partial charge in [0.1, 0.15) is 12.4 Å². The minimum absolute atomic E-state index is 0.0481. The summed E-state index contributed by atoms with van der Waals surface area (Å²) in [6.45, 7) is 6.22. The van der Waals surface area contributed by atoms with Crippen molar-refractivity contribution in [2.75, 3.05) is 44.9 Å². The Labute approximate surface area is 194 Å². The standard InChI is InChI=1S/C24H31N5O4/c1-16-11-18(12-25-22(16)31-2)28-8-4-21-20(14-28)23(27-15-26-21)33-19-3-7-29(13-19)24(30)17-5-9-32-10-6-17/h11-12,15,17,19H,3-10,13-14H2,1-2H3. The van der Waals surface area contributed by atoms with Crippen LogP contribution in [0.25, 0.3) is 0 Å². The van der Waals surface area contributed by atoms with E-state index in [0.29, 0.717) is 38.1 Å². The van der Waals surface area contributed by atoms with E-state index in [-0.39, 0.29) is 17.9 Å². The predicted molar refractivity (Wildman–Crippen MR) is 121 cm³/mol. The molecule has 3 aliphatic heterocycles. The maximum absolute atomic E-state index is 12.9. The number of pyridine rings is 1. The van der Waals surface area contributed by atoms with Crippen LogP contribution in [0.3, 0.4) is 0 Å². The number of hydrogen-bond donors (Lipinski definition) is 0. The Balaban J connectivity index is 1.27. The lowest BCUT2D eigenvalue weighted by atomic mass is 9.99. The Hall–Kier alpha value is -2.94. The highest BCUT2D eigenvalue weighted by Crippen LogP contribution is 2.31. The number of rotatable bonds is 5. The summed E-state index contributed by atoms with van der Waals surface area (Å²) in [5.41, 5.74) is 4.10. The Morgan fingerprint density at radius 1 is 1.12 bits per heavy atom. The Morgan fingerprint density at radius 3 is 2.76 bits per heavy atom. The molecule has 1 unspecified atom stereocenters. The molecule has 5 rings (SSSR count). The Morgan fingerprint density at radius 2 is 1.97 bits per heavy atom. The zero-order chi connectivity index (χ0) is 22.8. The van der Waals surface area contributed by atoms with E-state index < -0.39 is 0 Å². The topological polar surface area (TPSA) is 89.9 Å². The van der Waals surface area contributed by atoms with Gasteiger partial charge >= 0.3 is 0 Å². The lowest BCUT2D eigenvalue weighted by molar-refractivity contribution is -0.137. The number of ether oxygens (including phenoxy) is 3. The molecule has 9 heteroatoms. The number of nitrogens with zero attached hydrogens (tertiary/aromatic N) is 5. The van der Waals surface area contributed by atoms with E-state index in [2.05, 4.69) is 25.9 Å². The molecule has 176 valence electrons. The van der Waals surface area contributed by atoms with Crippen LogP contribution in [-0.2, 0) is 22.5 Å². The van der Waals surface area contributed by atoms with Crippen molar-refractivity contribution in [1.82, 2.24) is 19.9 Å². The number of carbonyl (C=O) groups is 1. The van der Waals surface area contributed by atoms with Crippen LogP contribution in [0.15, 0.2) is 18.6 Å². The van der Waals surface area contributed by atoms with Gasteiger partial charge in [-0.1, -0.05) is 0 Å². The number of hydrogen-bond acceptors (Lipinski definition) is 8. The van der Waals surface area contributed by atoms with Crippen LogP contribution in [0.1, 0.15) is 36.1 Å². The summed E-state index contributed by atoms with van der Waals surface area (Å²) in [4.78, 5) is 30.5. The first-order valence-electron chi connectivity index (χ1n) is 11.7. The molecule has 2 aromatic rings. The summed E-state index contributed by atoms with van der Waals surface area (Å²) in [5.74, 6) is 1.60. The van der Waals surface area contributed by atoms with Crippen molar-refractivity contribution in [3.05, 3.63) is 35.4 Å². The van der Waals surface area contributed by atoms with Crippen LogP contribution in [0, 0.1) is 12.8 Å². The third kappa shape index (κ3) is 4.59. The van der Waals surface area contributed by atoms with Crippen molar-refractivity contribution in [3.63, 3.8) is 0 Å². The predicted octanol–water partition coefficient (Wildman–Crippen LogP) is 2.16. The minimum Gasteiger partial charge on any atom is -0.481 e. The first kappa shape index (κ1) is 21.9. The Bertz CT molecular complexity index is 1010. The third-order valence-electron chi connectivity index (χ3n) is 6.84. The molecule has 1 amide bonds. The monoisotopic (exact) mass is 453 g/mol. The molecule has 9 nitrogen and oxygen atoms in total. The van der Waals surface area contributed by atoms with E-state index in [0.717, 1.165) is 61.3 Å². The number of amides is 1. The molecular formula is C24H31N5O4. The second kappa shape index (κ2) is 9.51. The fourth-order valence-corrected chi connectivity index (χ4v) is 4.96. The van der Waals surface area contributed by atoms with Gasteiger partial charge in [0.05, 0.1) is 43.3 Å². The maximum atomic E-state index is 12.9. The zero-order valence-electron chi connectivity index (χ0n) is 19.3. The summed E-state index contributed by atoms with van der Waals surface area (Å²) < 4.78 is 17.1. The molecule has 0 bridgehead atoms. The molecular weight excluding hydrogens is 422 g/mol. The van der Waals surface area contributed by atoms with E-state index in [1.807, 2.05) is 18.0 Å². The van der Waals surface area contributed by atoms with E-state index in [1.165, 1.54) is 0 Å². The van der Waals surface area contributed by atoms with Gasteiger partial charge in [0, 0.05) is 50.6 Å². The third-order valence-corrected chi connectivity index (χ3v) is 6.84. The van der Waals surface area contributed by atoms with Crippen molar-refractivity contribution in [1.29, 1.82) is 0 Å². The van der Waals surface area contributed by atoms with Crippen molar-refractivity contribution in [2.24, 2.45) is 5.92 Å². The van der Waals surface area contributed by atoms with E-state index in [1.54, 1.807) is 13.4 Å². The molecule has 33 heavy (non-hydrogen) atoms. The van der Waals surface area contributed by atoms with Gasteiger partial charge in [-0.3, -0.25) is 4.79 Å². The van der Waals surface area contributed by atoms with Crippen molar-refractivity contribution >= 4 is 11.6 Å². The van der Waals surface area contributed by atoms with Crippen molar-refractivity contribution in [3.8, 4) is 11.8 Å². The number of aryl methyl sites for hydroxylation is 1. The lowest BCUT2D eigenvalue weighted by Crippen LogP contribution is -2.38. The molecule has 1 atom stereocenters. The quantitative estimate of drug-likeness (QED) is 0.680. The highest BCUT2D eigenvalue weighted by Gasteiger charge is 2.33. The molecule has 0 aromatic carbocycles. The first-order chi connectivity index (χ1) is 16.1. The maximum Gasteiger partial charge on any atom is 0.225 e. The minimum atomic E-state index is -0.0481. The summed E-state index contributed by atoms with van der Waals surface area (Å²) in [7, 11) is 1.63. The second-order valence-electron chi connectivity index (χ2n) is 8.99. The molecule has 0 saturated carbocycles. The molecule has 0 N–H and O–H groups in total. The SMILES string of the molecule is COc1ncc(N2CCc3ncnc(OC4CCN(C(=O)C5CCOCC5)C4)c3C2)cc1C.